The highest BCUT2D eigenvalue weighted by atomic mass is 16.5. The highest BCUT2D eigenvalue weighted by molar-refractivity contribution is 5.77. The van der Waals surface area contributed by atoms with Gasteiger partial charge in [0.2, 0.25) is 0 Å². The summed E-state index contributed by atoms with van der Waals surface area (Å²) < 4.78 is 5.58. The first-order valence-corrected chi connectivity index (χ1v) is 6.13. The van der Waals surface area contributed by atoms with Crippen LogP contribution < -0.4 is 10.1 Å². The molecule has 0 unspecified atom stereocenters. The molecular weight excluding hydrogens is 226 g/mol. The summed E-state index contributed by atoms with van der Waals surface area (Å²) in [7, 11) is 0. The Morgan fingerprint density at radius 1 is 1.33 bits per heavy atom. The summed E-state index contributed by atoms with van der Waals surface area (Å²) in [5.74, 6) is 0.704. The maximum Gasteiger partial charge on any atom is 0.257 e. The molecule has 3 nitrogen and oxygen atoms in total. The third-order valence-electron chi connectivity index (χ3n) is 2.62. The van der Waals surface area contributed by atoms with Gasteiger partial charge >= 0.3 is 0 Å². The number of rotatable bonds is 6. The minimum Gasteiger partial charge on any atom is -0.483 e. The molecule has 0 atom stereocenters. The SMILES string of the molecule is C=CCCNC(=O)COc1c(C)cc(C)cc1C. The van der Waals surface area contributed by atoms with Gasteiger partial charge in [-0.3, -0.25) is 4.79 Å². The van der Waals surface area contributed by atoms with Crippen molar-refractivity contribution in [3.63, 3.8) is 0 Å². The van der Waals surface area contributed by atoms with Crippen molar-refractivity contribution >= 4 is 5.91 Å². The second-order valence-corrected chi connectivity index (χ2v) is 4.44. The number of carbonyl (C=O) groups excluding carboxylic acids is 1. The Kier molecular flexibility index (Phi) is 5.43. The lowest BCUT2D eigenvalue weighted by molar-refractivity contribution is -0.123. The van der Waals surface area contributed by atoms with E-state index in [4.69, 9.17) is 4.74 Å². The Balaban J connectivity index is 2.53. The molecule has 0 aliphatic carbocycles. The Labute approximate surface area is 109 Å². The van der Waals surface area contributed by atoms with E-state index >= 15 is 0 Å². The predicted molar refractivity (Wildman–Crippen MR) is 74.0 cm³/mol. The molecular formula is C15H21NO2. The van der Waals surface area contributed by atoms with Crippen LogP contribution in [0.4, 0.5) is 0 Å². The average molecular weight is 247 g/mol. The number of amides is 1. The van der Waals surface area contributed by atoms with Gasteiger partial charge in [0.15, 0.2) is 6.61 Å². The molecule has 18 heavy (non-hydrogen) atoms. The Morgan fingerprint density at radius 2 is 1.94 bits per heavy atom. The van der Waals surface area contributed by atoms with Crippen molar-refractivity contribution in [2.75, 3.05) is 13.2 Å². The zero-order chi connectivity index (χ0) is 13.5. The van der Waals surface area contributed by atoms with Gasteiger partial charge in [-0.15, -0.1) is 6.58 Å². The topological polar surface area (TPSA) is 38.3 Å². The zero-order valence-electron chi connectivity index (χ0n) is 11.4. The summed E-state index contributed by atoms with van der Waals surface area (Å²) in [6, 6.07) is 4.11. The average Bonchev–Trinajstić information content (AvgIpc) is 2.27. The molecule has 1 aromatic carbocycles. The first kappa shape index (κ1) is 14.3. The first-order chi connectivity index (χ1) is 8.54. The van der Waals surface area contributed by atoms with Crippen LogP contribution in [0.1, 0.15) is 23.1 Å². The number of aryl methyl sites for hydroxylation is 3. The minimum absolute atomic E-state index is 0.0574. The Bertz CT molecular complexity index is 415. The van der Waals surface area contributed by atoms with E-state index in [0.717, 1.165) is 23.3 Å². The standard InChI is InChI=1S/C15H21NO2/c1-5-6-7-16-14(17)10-18-15-12(3)8-11(2)9-13(15)4/h5,8-9H,1,6-7,10H2,2-4H3,(H,16,17). The van der Waals surface area contributed by atoms with Crippen molar-refractivity contribution in [2.45, 2.75) is 27.2 Å². The lowest BCUT2D eigenvalue weighted by atomic mass is 10.1. The maximum absolute atomic E-state index is 11.5. The van der Waals surface area contributed by atoms with Gasteiger partial charge in [0.1, 0.15) is 5.75 Å². The number of ether oxygens (including phenoxy) is 1. The van der Waals surface area contributed by atoms with E-state index in [-0.39, 0.29) is 12.5 Å². The molecule has 0 saturated heterocycles. The molecule has 0 bridgehead atoms. The number of nitrogens with one attached hydrogen (secondary N) is 1. The maximum atomic E-state index is 11.5. The number of benzene rings is 1. The lowest BCUT2D eigenvalue weighted by Gasteiger charge is -2.12. The van der Waals surface area contributed by atoms with Crippen molar-refractivity contribution < 1.29 is 9.53 Å². The van der Waals surface area contributed by atoms with Crippen LogP contribution >= 0.6 is 0 Å². The fourth-order valence-corrected chi connectivity index (χ4v) is 1.90. The van der Waals surface area contributed by atoms with Crippen molar-refractivity contribution in [3.05, 3.63) is 41.5 Å². The van der Waals surface area contributed by atoms with Gasteiger partial charge in [0.05, 0.1) is 0 Å². The van der Waals surface area contributed by atoms with Gasteiger partial charge in [-0.05, 0) is 38.3 Å². The van der Waals surface area contributed by atoms with Crippen molar-refractivity contribution in [1.82, 2.24) is 5.32 Å². The van der Waals surface area contributed by atoms with Gasteiger partial charge in [0.25, 0.3) is 5.91 Å². The van der Waals surface area contributed by atoms with E-state index in [1.54, 1.807) is 6.08 Å². The fraction of sp³-hybridized carbons (Fsp3) is 0.400. The van der Waals surface area contributed by atoms with Crippen LogP contribution in [-0.2, 0) is 4.79 Å². The molecule has 0 aliphatic rings. The van der Waals surface area contributed by atoms with Gasteiger partial charge in [-0.2, -0.15) is 0 Å². The molecule has 1 amide bonds. The van der Waals surface area contributed by atoms with Gasteiger partial charge in [0, 0.05) is 6.54 Å². The molecule has 1 aromatic rings. The van der Waals surface area contributed by atoms with E-state index in [9.17, 15) is 4.79 Å². The Morgan fingerprint density at radius 3 is 2.50 bits per heavy atom. The molecule has 3 heteroatoms. The zero-order valence-corrected chi connectivity index (χ0v) is 11.4. The van der Waals surface area contributed by atoms with Gasteiger partial charge in [-0.1, -0.05) is 23.8 Å². The molecule has 0 aromatic heterocycles. The van der Waals surface area contributed by atoms with E-state index in [0.29, 0.717) is 6.54 Å². The summed E-state index contributed by atoms with van der Waals surface area (Å²) in [6.07, 6.45) is 2.55. The molecule has 0 saturated carbocycles. The van der Waals surface area contributed by atoms with Crippen molar-refractivity contribution in [2.24, 2.45) is 0 Å². The third kappa shape index (κ3) is 4.24. The molecule has 98 valence electrons. The highest BCUT2D eigenvalue weighted by Gasteiger charge is 2.07. The molecule has 1 rings (SSSR count). The van der Waals surface area contributed by atoms with Crippen LogP contribution in [0.25, 0.3) is 0 Å². The van der Waals surface area contributed by atoms with Crippen LogP contribution in [0.15, 0.2) is 24.8 Å². The molecule has 0 heterocycles. The molecule has 0 radical (unpaired) electrons. The van der Waals surface area contributed by atoms with Crippen molar-refractivity contribution in [3.8, 4) is 5.75 Å². The summed E-state index contributed by atoms with van der Waals surface area (Å²) in [6.45, 7) is 10.3. The van der Waals surface area contributed by atoms with Crippen LogP contribution in [-0.4, -0.2) is 19.1 Å². The summed E-state index contributed by atoms with van der Waals surface area (Å²) >= 11 is 0. The van der Waals surface area contributed by atoms with Crippen LogP contribution in [0.5, 0.6) is 5.75 Å². The monoisotopic (exact) mass is 247 g/mol. The van der Waals surface area contributed by atoms with Crippen LogP contribution in [0, 0.1) is 20.8 Å². The first-order valence-electron chi connectivity index (χ1n) is 6.13. The van der Waals surface area contributed by atoms with Gasteiger partial charge in [-0.25, -0.2) is 0 Å². The van der Waals surface area contributed by atoms with Gasteiger partial charge < -0.3 is 10.1 Å². The third-order valence-corrected chi connectivity index (χ3v) is 2.62. The normalized spacial score (nSPS) is 9.94. The summed E-state index contributed by atoms with van der Waals surface area (Å²) in [5, 5.41) is 2.77. The second-order valence-electron chi connectivity index (χ2n) is 4.44. The summed E-state index contributed by atoms with van der Waals surface area (Å²) in [4.78, 5) is 11.5. The quantitative estimate of drug-likeness (QED) is 0.620. The van der Waals surface area contributed by atoms with E-state index in [1.165, 1.54) is 5.56 Å². The number of hydrogen-bond donors (Lipinski definition) is 1. The largest absolute Gasteiger partial charge is 0.483 e. The second kappa shape index (κ2) is 6.84. The minimum atomic E-state index is -0.101. The number of carbonyl (C=O) groups is 1. The van der Waals surface area contributed by atoms with E-state index < -0.39 is 0 Å². The predicted octanol–water partition coefficient (Wildman–Crippen LogP) is 2.68. The van der Waals surface area contributed by atoms with Crippen LogP contribution in [0.3, 0.4) is 0 Å². The smallest absolute Gasteiger partial charge is 0.257 e. The van der Waals surface area contributed by atoms with E-state index in [2.05, 4.69) is 24.0 Å². The molecule has 0 aliphatic heterocycles. The fourth-order valence-electron chi connectivity index (χ4n) is 1.90. The van der Waals surface area contributed by atoms with Crippen molar-refractivity contribution in [1.29, 1.82) is 0 Å². The highest BCUT2D eigenvalue weighted by Crippen LogP contribution is 2.24. The molecule has 0 spiro atoms. The lowest BCUT2D eigenvalue weighted by Crippen LogP contribution is -2.29. The molecule has 0 fully saturated rings. The Hall–Kier alpha value is -1.77. The van der Waals surface area contributed by atoms with E-state index in [1.807, 2.05) is 20.8 Å². The molecule has 1 N–H and O–H groups in total. The van der Waals surface area contributed by atoms with Crippen LogP contribution in [0.2, 0.25) is 0 Å². The summed E-state index contributed by atoms with van der Waals surface area (Å²) in [5.41, 5.74) is 3.32. The number of hydrogen-bond acceptors (Lipinski definition) is 2.